The van der Waals surface area contributed by atoms with Crippen molar-refractivity contribution in [2.75, 3.05) is 13.2 Å². The van der Waals surface area contributed by atoms with Gasteiger partial charge < -0.3 is 9.84 Å². The minimum Gasteiger partial charge on any atom is -0.493 e. The molecule has 2 aliphatic rings. The molecule has 4 nitrogen and oxygen atoms in total. The predicted octanol–water partition coefficient (Wildman–Crippen LogP) is 5.17. The second kappa shape index (κ2) is 10.3. The molecule has 2 atom stereocenters. The second-order valence-electron chi connectivity index (χ2n) is 8.47. The first kappa shape index (κ1) is 21.9. The number of hydrogen-bond donors (Lipinski definition) is 1. The van der Waals surface area contributed by atoms with Gasteiger partial charge in [-0.25, -0.2) is 0 Å². The molecule has 0 aromatic heterocycles. The van der Waals surface area contributed by atoms with E-state index < -0.39 is 5.97 Å². The number of carbonyl (C=O) groups is 1. The van der Waals surface area contributed by atoms with Crippen LogP contribution < -0.4 is 4.74 Å². The van der Waals surface area contributed by atoms with Gasteiger partial charge in [-0.05, 0) is 47.7 Å². The standard InChI is InChI=1S/C28H29NO3/c1-2-5-24(16-28(30)31)23-12-14-27(15-13-23)32-20-22-10-8-21(9-11-22)17-29-18-25-6-3-4-7-26(25)19-29/h3-4,6-10,12-15,22,24H,11,16-20H2,1H3,(H,30,31)/t22?,24-/m0/s1. The molecule has 0 bridgehead atoms. The van der Waals surface area contributed by atoms with E-state index in [2.05, 4.69) is 59.2 Å². The number of hydrogen-bond acceptors (Lipinski definition) is 3. The van der Waals surface area contributed by atoms with Crippen molar-refractivity contribution in [3.05, 3.63) is 89.0 Å². The Bertz CT molecular complexity index is 1050. The average molecular weight is 428 g/mol. The lowest BCUT2D eigenvalue weighted by molar-refractivity contribution is -0.137. The maximum absolute atomic E-state index is 11.1. The fraction of sp³-hybridized carbons (Fsp3) is 0.321. The zero-order chi connectivity index (χ0) is 22.3. The average Bonchev–Trinajstić information content (AvgIpc) is 3.21. The Balaban J connectivity index is 1.24. The van der Waals surface area contributed by atoms with Crippen molar-refractivity contribution < 1.29 is 14.6 Å². The van der Waals surface area contributed by atoms with Crippen LogP contribution in [0.3, 0.4) is 0 Å². The Hall–Kier alpha value is -3.29. The van der Waals surface area contributed by atoms with E-state index in [1.807, 2.05) is 24.3 Å². The minimum atomic E-state index is -0.844. The van der Waals surface area contributed by atoms with E-state index in [1.165, 1.54) is 16.7 Å². The highest BCUT2D eigenvalue weighted by Gasteiger charge is 2.19. The van der Waals surface area contributed by atoms with E-state index in [9.17, 15) is 4.79 Å². The number of aliphatic carboxylic acids is 1. The van der Waals surface area contributed by atoms with E-state index in [0.29, 0.717) is 12.5 Å². The van der Waals surface area contributed by atoms with Crippen LogP contribution in [0.1, 0.15) is 42.4 Å². The van der Waals surface area contributed by atoms with Crippen molar-refractivity contribution in [1.82, 2.24) is 4.90 Å². The summed E-state index contributed by atoms with van der Waals surface area (Å²) in [5.74, 6) is 5.82. The second-order valence-corrected chi connectivity index (χ2v) is 8.47. The molecule has 2 aromatic carbocycles. The number of carboxylic acid groups (broad SMARTS) is 1. The van der Waals surface area contributed by atoms with Crippen LogP contribution >= 0.6 is 0 Å². The minimum absolute atomic E-state index is 0.00605. The van der Waals surface area contributed by atoms with Gasteiger partial charge in [0.05, 0.1) is 18.9 Å². The molecule has 1 heterocycles. The van der Waals surface area contributed by atoms with Crippen LogP contribution in [0.15, 0.2) is 72.3 Å². The van der Waals surface area contributed by atoms with Crippen molar-refractivity contribution in [2.45, 2.75) is 38.8 Å². The Morgan fingerprint density at radius 3 is 2.47 bits per heavy atom. The molecule has 2 aromatic rings. The monoisotopic (exact) mass is 427 g/mol. The molecular weight excluding hydrogens is 398 g/mol. The molecule has 1 unspecified atom stereocenters. The van der Waals surface area contributed by atoms with Crippen LogP contribution in [-0.2, 0) is 17.9 Å². The third-order valence-corrected chi connectivity index (χ3v) is 6.02. The van der Waals surface area contributed by atoms with Gasteiger partial charge >= 0.3 is 5.97 Å². The molecule has 0 radical (unpaired) electrons. The molecule has 0 saturated carbocycles. The Morgan fingerprint density at radius 2 is 1.88 bits per heavy atom. The normalized spacial score (nSPS) is 18.3. The van der Waals surface area contributed by atoms with E-state index in [0.717, 1.165) is 37.4 Å². The van der Waals surface area contributed by atoms with Crippen molar-refractivity contribution in [3.8, 4) is 17.6 Å². The summed E-state index contributed by atoms with van der Waals surface area (Å²) in [6.45, 7) is 5.40. The summed E-state index contributed by atoms with van der Waals surface area (Å²) in [4.78, 5) is 13.6. The van der Waals surface area contributed by atoms with Gasteiger partial charge in [-0.1, -0.05) is 60.5 Å². The van der Waals surface area contributed by atoms with Gasteiger partial charge in [0, 0.05) is 25.6 Å². The lowest BCUT2D eigenvalue weighted by atomic mass is 9.96. The first-order valence-corrected chi connectivity index (χ1v) is 11.1. The summed E-state index contributed by atoms with van der Waals surface area (Å²) in [5, 5.41) is 9.09. The van der Waals surface area contributed by atoms with E-state index in [1.54, 1.807) is 6.92 Å². The Kier molecular flexibility index (Phi) is 7.09. The molecule has 4 heteroatoms. The van der Waals surface area contributed by atoms with Gasteiger partial charge in [0.15, 0.2) is 0 Å². The fourth-order valence-corrected chi connectivity index (χ4v) is 4.32. The van der Waals surface area contributed by atoms with Gasteiger partial charge in [-0.2, -0.15) is 0 Å². The number of benzene rings is 2. The largest absolute Gasteiger partial charge is 0.493 e. The highest BCUT2D eigenvalue weighted by Crippen LogP contribution is 2.26. The van der Waals surface area contributed by atoms with Crippen LogP contribution in [0.2, 0.25) is 0 Å². The van der Waals surface area contributed by atoms with Crippen LogP contribution in [0, 0.1) is 17.8 Å². The maximum atomic E-state index is 11.1. The number of ether oxygens (including phenoxy) is 1. The van der Waals surface area contributed by atoms with E-state index in [-0.39, 0.29) is 12.3 Å². The van der Waals surface area contributed by atoms with Crippen LogP contribution in [0.5, 0.6) is 5.75 Å². The number of fused-ring (bicyclic) bond motifs is 1. The zero-order valence-electron chi connectivity index (χ0n) is 18.5. The first-order chi connectivity index (χ1) is 15.6. The van der Waals surface area contributed by atoms with Gasteiger partial charge in [-0.3, -0.25) is 9.69 Å². The zero-order valence-corrected chi connectivity index (χ0v) is 18.5. The van der Waals surface area contributed by atoms with Crippen LogP contribution in [0.25, 0.3) is 0 Å². The molecule has 0 saturated heterocycles. The maximum Gasteiger partial charge on any atom is 0.304 e. The lowest BCUT2D eigenvalue weighted by Gasteiger charge is -2.20. The van der Waals surface area contributed by atoms with E-state index in [4.69, 9.17) is 9.84 Å². The van der Waals surface area contributed by atoms with Gasteiger partial charge in [0.25, 0.3) is 0 Å². The van der Waals surface area contributed by atoms with Crippen molar-refractivity contribution in [1.29, 1.82) is 0 Å². The van der Waals surface area contributed by atoms with Crippen LogP contribution in [0.4, 0.5) is 0 Å². The summed E-state index contributed by atoms with van der Waals surface area (Å²) >= 11 is 0. The summed E-state index contributed by atoms with van der Waals surface area (Å²) in [6, 6.07) is 16.3. The summed E-state index contributed by atoms with van der Waals surface area (Å²) in [7, 11) is 0. The highest BCUT2D eigenvalue weighted by atomic mass is 16.5. The molecule has 0 fully saturated rings. The molecule has 1 aliphatic heterocycles. The summed E-state index contributed by atoms with van der Waals surface area (Å²) < 4.78 is 5.99. The number of rotatable bonds is 8. The van der Waals surface area contributed by atoms with Crippen molar-refractivity contribution in [2.24, 2.45) is 5.92 Å². The molecule has 164 valence electrons. The number of carboxylic acids is 1. The highest BCUT2D eigenvalue weighted by molar-refractivity contribution is 5.69. The molecule has 1 N–H and O–H groups in total. The Morgan fingerprint density at radius 1 is 1.16 bits per heavy atom. The van der Waals surface area contributed by atoms with Crippen molar-refractivity contribution >= 4 is 5.97 Å². The quantitative estimate of drug-likeness (QED) is 0.591. The molecular formula is C28H29NO3. The molecule has 0 amide bonds. The van der Waals surface area contributed by atoms with Gasteiger partial charge in [0.2, 0.25) is 0 Å². The SMILES string of the molecule is CC#C[C@@H](CC(=O)O)c1ccc(OCC2C=CC(CN3Cc4ccccc4C3)=CC2)cc1. The van der Waals surface area contributed by atoms with Crippen molar-refractivity contribution in [3.63, 3.8) is 0 Å². The third-order valence-electron chi connectivity index (χ3n) is 6.02. The lowest BCUT2D eigenvalue weighted by Crippen LogP contribution is -2.20. The molecule has 0 spiro atoms. The topological polar surface area (TPSA) is 49.8 Å². The van der Waals surface area contributed by atoms with Gasteiger partial charge in [0.1, 0.15) is 5.75 Å². The first-order valence-electron chi connectivity index (χ1n) is 11.1. The molecule has 4 rings (SSSR count). The number of nitrogens with zero attached hydrogens (tertiary/aromatic N) is 1. The fourth-order valence-electron chi connectivity index (χ4n) is 4.32. The van der Waals surface area contributed by atoms with Crippen LogP contribution in [-0.4, -0.2) is 29.1 Å². The number of allylic oxidation sites excluding steroid dienone is 1. The Labute approximate surface area is 190 Å². The van der Waals surface area contributed by atoms with E-state index >= 15 is 0 Å². The summed E-state index contributed by atoms with van der Waals surface area (Å²) in [6.07, 6.45) is 7.82. The smallest absolute Gasteiger partial charge is 0.304 e. The van der Waals surface area contributed by atoms with Gasteiger partial charge in [-0.15, -0.1) is 5.92 Å². The molecule has 1 aliphatic carbocycles. The molecule has 32 heavy (non-hydrogen) atoms. The predicted molar refractivity (Wildman–Crippen MR) is 126 cm³/mol. The third kappa shape index (κ3) is 5.69. The summed E-state index contributed by atoms with van der Waals surface area (Å²) in [5.41, 5.74) is 5.17.